The Kier molecular flexibility index (Phi) is 20.3. The predicted octanol–water partition coefficient (Wildman–Crippen LogP) is 3.11. The molecule has 1 aromatic heterocycles. The second kappa shape index (κ2) is 25.6. The number of aliphatic hydroxyl groups is 5. The maximum atomic E-state index is 15.3. The lowest BCUT2D eigenvalue weighted by atomic mass is 9.77. The number of aromatic nitrogens is 3. The Morgan fingerprint density at radius 3 is 2.31 bits per heavy atom. The van der Waals surface area contributed by atoms with E-state index in [1.54, 1.807) is 71.5 Å². The van der Waals surface area contributed by atoms with E-state index in [0.717, 1.165) is 0 Å². The highest BCUT2D eigenvalue weighted by Crippen LogP contribution is 2.41. The van der Waals surface area contributed by atoms with Crippen molar-refractivity contribution in [2.75, 3.05) is 76.9 Å². The second-order valence-corrected chi connectivity index (χ2v) is 23.7. The molecular weight excluding hydrogens is 1020 g/mol. The van der Waals surface area contributed by atoms with Crippen LogP contribution in [0, 0.1) is 23.6 Å². The zero-order valence-electron chi connectivity index (χ0n) is 48.1. The number of amides is 1. The molecule has 22 nitrogen and oxygen atoms in total. The summed E-state index contributed by atoms with van der Waals surface area (Å²) in [5, 5.41) is 68.6. The molecule has 0 saturated carbocycles. The molecule has 5 aliphatic heterocycles. The van der Waals surface area contributed by atoms with Gasteiger partial charge in [-0.25, -0.2) is 13.9 Å². The van der Waals surface area contributed by atoms with Crippen molar-refractivity contribution in [3.8, 4) is 0 Å². The van der Waals surface area contributed by atoms with Crippen LogP contribution in [0.1, 0.15) is 101 Å². The van der Waals surface area contributed by atoms with Crippen molar-refractivity contribution in [3.63, 3.8) is 0 Å². The van der Waals surface area contributed by atoms with Crippen LogP contribution in [-0.2, 0) is 55.7 Å². The van der Waals surface area contributed by atoms with Gasteiger partial charge in [-0.1, -0.05) is 26.0 Å². The maximum Gasteiger partial charge on any atom is 0.414 e. The minimum absolute atomic E-state index is 0.0812. The van der Waals surface area contributed by atoms with Crippen molar-refractivity contribution in [2.24, 2.45) is 17.8 Å². The van der Waals surface area contributed by atoms with Crippen LogP contribution >= 0.6 is 0 Å². The average molecular weight is 1110 g/mol. The zero-order chi connectivity index (χ0) is 57.2. The number of esters is 1. The van der Waals surface area contributed by atoms with Gasteiger partial charge in [-0.05, 0) is 106 Å². The average Bonchev–Trinajstić information content (AvgIpc) is 4.04. The number of carbonyl (C=O) groups is 2. The first-order valence-corrected chi connectivity index (χ1v) is 27.9. The van der Waals surface area contributed by atoms with Crippen molar-refractivity contribution < 1.29 is 77.4 Å². The van der Waals surface area contributed by atoms with E-state index in [2.05, 4.69) is 10.3 Å². The third-order valence-electron chi connectivity index (χ3n) is 17.3. The standard InChI is InChI=1S/C55H90FN7O15/c1-14-43-55(10,70)47(65)35(6)60(12)27-31(2)25-53(8,69)49(33(4)46(34(5)50(67)76-43)77-44-26-54(9,71-13)48(66)36(7)74-44)78-51-45(64)42(23-32(3)73-51)59(11)18-17-37-28-62(58-57-37)29-39-30-63(52(68)75-39)38-15-16-41(40(56)24-38)61-19-21-72-22-20-61/h15-16,24,28,31-36,39,42-49,51,64-66,69-70H,14,17-23,25-27,29-30H2,1-13H3/t31-,32-,33+,34-,35-,36+,39+,42+,43-,44+,45-,46+,47-,48+,49-,51+,53-,54-,55-/m1/s1. The third kappa shape index (κ3) is 14.0. The van der Waals surface area contributed by atoms with Gasteiger partial charge in [-0.15, -0.1) is 5.10 Å². The highest BCUT2D eigenvalue weighted by atomic mass is 19.1. The van der Waals surface area contributed by atoms with Crippen molar-refractivity contribution in [2.45, 2.75) is 204 Å². The van der Waals surface area contributed by atoms with Gasteiger partial charge in [-0.2, -0.15) is 0 Å². The predicted molar refractivity (Wildman–Crippen MR) is 284 cm³/mol. The Morgan fingerprint density at radius 2 is 1.64 bits per heavy atom. The number of benzene rings is 1. The minimum atomic E-state index is -1.86. The van der Waals surface area contributed by atoms with Gasteiger partial charge >= 0.3 is 12.1 Å². The number of rotatable bonds is 14. The van der Waals surface area contributed by atoms with Gasteiger partial charge < -0.3 is 78.1 Å². The first-order chi connectivity index (χ1) is 36.7. The van der Waals surface area contributed by atoms with Crippen LogP contribution in [0.2, 0.25) is 0 Å². The van der Waals surface area contributed by atoms with Crippen molar-refractivity contribution in [1.82, 2.24) is 24.8 Å². The van der Waals surface area contributed by atoms with Gasteiger partial charge in [0.15, 0.2) is 12.6 Å². The first kappa shape index (κ1) is 61.9. The quantitative estimate of drug-likeness (QED) is 0.171. The number of anilines is 2. The Morgan fingerprint density at radius 1 is 0.936 bits per heavy atom. The van der Waals surface area contributed by atoms with Crippen LogP contribution in [0.5, 0.6) is 0 Å². The van der Waals surface area contributed by atoms with E-state index in [4.69, 9.17) is 37.9 Å². The molecule has 7 rings (SSSR count). The number of likely N-dealkylation sites (N-methyl/N-ethyl adjacent to an activating group) is 2. The molecular formula is C55H90FN7O15. The molecule has 0 unspecified atom stereocenters. The molecule has 2 aromatic rings. The number of morpholine rings is 1. The largest absolute Gasteiger partial charge is 0.459 e. The summed E-state index contributed by atoms with van der Waals surface area (Å²) in [5.74, 6) is -3.31. The molecule has 5 fully saturated rings. The van der Waals surface area contributed by atoms with Crippen LogP contribution in [-0.4, -0.2) is 226 Å². The van der Waals surface area contributed by atoms with Crippen LogP contribution in [0.4, 0.5) is 20.6 Å². The summed E-state index contributed by atoms with van der Waals surface area (Å²) in [5.41, 5.74) is -3.08. The van der Waals surface area contributed by atoms with Crippen molar-refractivity contribution >= 4 is 23.4 Å². The van der Waals surface area contributed by atoms with E-state index in [9.17, 15) is 35.1 Å². The number of hydrogen-bond acceptors (Lipinski definition) is 20. The Balaban J connectivity index is 1.07. The van der Waals surface area contributed by atoms with Gasteiger partial charge in [0.25, 0.3) is 0 Å². The fraction of sp³-hybridized carbons (Fsp3) is 0.818. The topological polar surface area (TPSA) is 253 Å². The first-order valence-electron chi connectivity index (χ1n) is 27.9. The van der Waals surface area contributed by atoms with Gasteiger partial charge in [0.1, 0.15) is 41.9 Å². The lowest BCUT2D eigenvalue weighted by molar-refractivity contribution is -0.318. The fourth-order valence-corrected chi connectivity index (χ4v) is 12.4. The molecule has 5 saturated heterocycles. The van der Waals surface area contributed by atoms with E-state index in [1.165, 1.54) is 25.0 Å². The van der Waals surface area contributed by atoms with Crippen LogP contribution in [0.3, 0.4) is 0 Å². The molecule has 6 heterocycles. The Hall–Kier alpha value is -3.69. The van der Waals surface area contributed by atoms with Crippen molar-refractivity contribution in [3.05, 3.63) is 35.9 Å². The van der Waals surface area contributed by atoms with Gasteiger partial charge in [0.2, 0.25) is 0 Å². The van der Waals surface area contributed by atoms with Crippen LogP contribution in [0.25, 0.3) is 0 Å². The SMILES string of the molecule is CC[C@H]1OC(=O)[C@H](C)[C@@H](O[C@H]2C[C@@](C)(OC)[C@@H](O)[C@H](C)O2)[C@H](C)[C@@H](O[C@@H]2O[C@H](C)C[C@H](N(C)CCc3cn(C[C@H]4CN(c5ccc(N6CCOCC6)c(F)c5)C(=O)O4)nn3)[C@H]2O)[C@](C)(O)C[C@@H](C)CN(C)[C@H](C)[C@@H](O)[C@]1(C)O. The number of cyclic esters (lactones) is 2. The lowest BCUT2D eigenvalue weighted by Gasteiger charge is -2.49. The number of methoxy groups -OCH3 is 1. The van der Waals surface area contributed by atoms with Gasteiger partial charge in [0.05, 0.1) is 84.9 Å². The highest BCUT2D eigenvalue weighted by Gasteiger charge is 2.53. The molecule has 0 radical (unpaired) electrons. The zero-order valence-corrected chi connectivity index (χ0v) is 48.1. The molecule has 19 atom stereocenters. The summed E-state index contributed by atoms with van der Waals surface area (Å²) in [4.78, 5) is 34.8. The smallest absolute Gasteiger partial charge is 0.414 e. The van der Waals surface area contributed by atoms with E-state index >= 15 is 4.39 Å². The molecule has 0 aliphatic carbocycles. The second-order valence-electron chi connectivity index (χ2n) is 23.7. The Labute approximate surface area is 459 Å². The molecule has 1 amide bonds. The van der Waals surface area contributed by atoms with Crippen LogP contribution < -0.4 is 9.80 Å². The van der Waals surface area contributed by atoms with E-state index in [-0.39, 0.29) is 38.3 Å². The molecule has 23 heteroatoms. The third-order valence-corrected chi connectivity index (χ3v) is 17.3. The summed E-state index contributed by atoms with van der Waals surface area (Å²) in [7, 11) is 5.21. The number of carbonyl (C=O) groups excluding carboxylic acids is 2. The van der Waals surface area contributed by atoms with Gasteiger partial charge in [-0.3, -0.25) is 9.69 Å². The molecule has 442 valence electrons. The number of ether oxygens (including phenoxy) is 8. The summed E-state index contributed by atoms with van der Waals surface area (Å²) < 4.78 is 66.3. The maximum absolute atomic E-state index is 15.3. The van der Waals surface area contributed by atoms with Crippen LogP contribution in [0.15, 0.2) is 24.4 Å². The normalized spacial score (nSPS) is 40.2. The lowest BCUT2D eigenvalue weighted by Crippen LogP contribution is -2.61. The monoisotopic (exact) mass is 1110 g/mol. The molecule has 5 aliphatic rings. The number of nitrogens with zero attached hydrogens (tertiary/aromatic N) is 7. The molecule has 1 aromatic carbocycles. The Bertz CT molecular complexity index is 2290. The van der Waals surface area contributed by atoms with E-state index in [0.29, 0.717) is 69.3 Å². The summed E-state index contributed by atoms with van der Waals surface area (Å²) >= 11 is 0. The van der Waals surface area contributed by atoms with E-state index < -0.39 is 126 Å². The molecule has 0 bridgehead atoms. The fourth-order valence-electron chi connectivity index (χ4n) is 12.4. The summed E-state index contributed by atoms with van der Waals surface area (Å²) in [6, 6.07) is 3.67. The van der Waals surface area contributed by atoms with Crippen molar-refractivity contribution in [1.29, 1.82) is 0 Å². The molecule has 0 spiro atoms. The summed E-state index contributed by atoms with van der Waals surface area (Å²) in [6.45, 7) is 20.9. The number of hydrogen-bond donors (Lipinski definition) is 5. The van der Waals surface area contributed by atoms with Gasteiger partial charge in [0, 0.05) is 70.3 Å². The number of halogens is 1. The highest BCUT2D eigenvalue weighted by molar-refractivity contribution is 5.90. The number of aliphatic hydroxyl groups excluding tert-OH is 3. The minimum Gasteiger partial charge on any atom is -0.459 e. The molecule has 78 heavy (non-hydrogen) atoms. The van der Waals surface area contributed by atoms with E-state index in [1.807, 2.05) is 42.6 Å². The molecule has 5 N–H and O–H groups in total. The summed E-state index contributed by atoms with van der Waals surface area (Å²) in [6.07, 6.45) is -8.38.